The number of rotatable bonds is 4. The average molecular weight is 421 g/mol. The van der Waals surface area contributed by atoms with E-state index in [4.69, 9.17) is 4.84 Å². The van der Waals surface area contributed by atoms with Crippen LogP contribution in [0.15, 0.2) is 27.4 Å². The average Bonchev–Trinajstić information content (AvgIpc) is 2.29. The number of ketones is 1. The van der Waals surface area contributed by atoms with E-state index in [1.54, 1.807) is 0 Å². The summed E-state index contributed by atoms with van der Waals surface area (Å²) in [5.74, 6) is -0.139. The van der Waals surface area contributed by atoms with Crippen molar-refractivity contribution in [2.75, 3.05) is 13.7 Å². The van der Waals surface area contributed by atoms with Gasteiger partial charge in [-0.1, -0.05) is 16.3 Å². The maximum atomic E-state index is 11.5. The smallest absolute Gasteiger partial charge is 0.181 e. The van der Waals surface area contributed by atoms with Crippen LogP contribution in [0.1, 0.15) is 33.6 Å². The monoisotopic (exact) mass is 421 g/mol. The van der Waals surface area contributed by atoms with Crippen LogP contribution in [0.3, 0.4) is 0 Å². The third-order valence-electron chi connectivity index (χ3n) is 3.07. The molecule has 0 amide bonds. The van der Waals surface area contributed by atoms with Crippen LogP contribution >= 0.6 is 0 Å². The first-order valence-corrected chi connectivity index (χ1v) is 5.60. The van der Waals surface area contributed by atoms with E-state index in [0.717, 1.165) is 11.1 Å². The number of oxime groups is 1. The summed E-state index contributed by atoms with van der Waals surface area (Å²) in [7, 11) is 1.42. The van der Waals surface area contributed by atoms with Gasteiger partial charge < -0.3 is 9.94 Å². The van der Waals surface area contributed by atoms with Crippen molar-refractivity contribution in [3.8, 4) is 0 Å². The number of nitrogens with zero attached hydrogens (tertiary/aromatic N) is 1. The Balaban J connectivity index is 0.00000289. The zero-order chi connectivity index (χ0) is 13.0. The van der Waals surface area contributed by atoms with Gasteiger partial charge in [0.1, 0.15) is 12.8 Å². The molecule has 0 saturated heterocycles. The van der Waals surface area contributed by atoms with Gasteiger partial charge in [-0.05, 0) is 37.8 Å². The molecule has 0 radical (unpaired) electrons. The first-order chi connectivity index (χ1) is 8.01. The molecule has 0 heterocycles. The van der Waals surface area contributed by atoms with Crippen LogP contribution in [0.5, 0.6) is 0 Å². The second-order valence-electron chi connectivity index (χ2n) is 4.33. The van der Waals surface area contributed by atoms with Crippen molar-refractivity contribution in [2.24, 2.45) is 5.16 Å². The molecule has 0 aromatic heterocycles. The Labute approximate surface area is 122 Å². The summed E-state index contributed by atoms with van der Waals surface area (Å²) in [5.41, 5.74) is 4.47. The van der Waals surface area contributed by atoms with E-state index in [2.05, 4.69) is 5.16 Å². The summed E-state index contributed by atoms with van der Waals surface area (Å²) < 4.78 is 0. The van der Waals surface area contributed by atoms with Gasteiger partial charge in [0.15, 0.2) is 5.78 Å². The third kappa shape index (κ3) is 3.89. The molecule has 18 heavy (non-hydrogen) atoms. The summed E-state index contributed by atoms with van der Waals surface area (Å²) >= 11 is 0. The second-order valence-corrected chi connectivity index (χ2v) is 4.33. The molecule has 0 aromatic rings. The maximum absolute atomic E-state index is 11.5. The van der Waals surface area contributed by atoms with Gasteiger partial charge in [0, 0.05) is 28.0 Å². The van der Waals surface area contributed by atoms with E-state index in [1.165, 1.54) is 25.2 Å². The Morgan fingerprint density at radius 2 is 1.89 bits per heavy atom. The molecule has 1 N–H and O–H groups in total. The van der Waals surface area contributed by atoms with Crippen molar-refractivity contribution in [3.63, 3.8) is 0 Å². The number of hydrogen-bond acceptors (Lipinski definition) is 4. The minimum Gasteiger partial charge on any atom is -0.399 e. The van der Waals surface area contributed by atoms with Crippen molar-refractivity contribution in [1.82, 2.24) is 0 Å². The molecule has 1 aliphatic rings. The predicted octanol–water partition coefficient (Wildman–Crippen LogP) is 1.99. The van der Waals surface area contributed by atoms with Gasteiger partial charge in [0.05, 0.1) is 6.61 Å². The first kappa shape index (κ1) is 17.3. The largest absolute Gasteiger partial charge is 0.399 e. The molecule has 1 rings (SSSR count). The molecule has 0 fully saturated rings. The van der Waals surface area contributed by atoms with Gasteiger partial charge in [-0.25, -0.2) is 0 Å². The van der Waals surface area contributed by atoms with Crippen molar-refractivity contribution >= 4 is 11.5 Å². The summed E-state index contributed by atoms with van der Waals surface area (Å²) in [4.78, 5) is 16.2. The van der Waals surface area contributed by atoms with E-state index in [1.807, 2.05) is 13.8 Å². The Morgan fingerprint density at radius 3 is 2.33 bits per heavy atom. The van der Waals surface area contributed by atoms with Crippen LogP contribution < -0.4 is 0 Å². The van der Waals surface area contributed by atoms with E-state index in [-0.39, 0.29) is 33.5 Å². The summed E-state index contributed by atoms with van der Waals surface area (Å²) in [5, 5.41) is 13.2. The Hall–Kier alpha value is -0.732. The molecular weight excluding hydrogens is 402 g/mol. The standard InChI is InChI=1S/C13H19NO3.W/c1-8-5-11(7-15)12(6-9(8)2)13(10(3)16)14-17-4;/h15H,5-7H2,1-4H3;/b14-13+;. The van der Waals surface area contributed by atoms with Gasteiger partial charge in [-0.3, -0.25) is 4.79 Å². The van der Waals surface area contributed by atoms with Crippen LogP contribution in [-0.4, -0.2) is 30.3 Å². The maximum Gasteiger partial charge on any atom is 0.181 e. The molecule has 100 valence electrons. The molecular formula is C13H19NO3W. The number of carbonyl (C=O) groups excluding carboxylic acids is 1. The number of Topliss-reactive ketones (excluding diaryl/α,β-unsaturated/α-hetero) is 1. The quantitative estimate of drug-likeness (QED) is 0.429. The van der Waals surface area contributed by atoms with Gasteiger partial charge in [-0.15, -0.1) is 0 Å². The molecule has 0 aliphatic heterocycles. The fourth-order valence-corrected chi connectivity index (χ4v) is 1.94. The number of aliphatic hydroxyl groups excluding tert-OH is 1. The minimum atomic E-state index is -0.139. The van der Waals surface area contributed by atoms with Crippen LogP contribution in [0, 0.1) is 0 Å². The van der Waals surface area contributed by atoms with Crippen molar-refractivity contribution < 1.29 is 35.8 Å². The summed E-state index contributed by atoms with van der Waals surface area (Å²) in [6.07, 6.45) is 1.36. The Kier molecular flexibility index (Phi) is 7.34. The Morgan fingerprint density at radius 1 is 1.33 bits per heavy atom. The first-order valence-electron chi connectivity index (χ1n) is 5.60. The van der Waals surface area contributed by atoms with E-state index in [9.17, 15) is 9.90 Å². The number of carbonyl (C=O) groups is 1. The zero-order valence-corrected chi connectivity index (χ0v) is 14.2. The molecule has 0 unspecified atom stereocenters. The molecule has 4 nitrogen and oxygen atoms in total. The molecule has 0 spiro atoms. The SMILES string of the molecule is CO/N=C(\C(C)=O)C1=C(CO)CC(C)=C(C)C1.[W]. The third-order valence-corrected chi connectivity index (χ3v) is 3.07. The number of hydrogen-bond donors (Lipinski definition) is 1. The topological polar surface area (TPSA) is 58.9 Å². The van der Waals surface area contributed by atoms with Gasteiger partial charge in [0.25, 0.3) is 0 Å². The number of allylic oxidation sites excluding steroid dienone is 3. The van der Waals surface area contributed by atoms with E-state index >= 15 is 0 Å². The van der Waals surface area contributed by atoms with Gasteiger partial charge in [0.2, 0.25) is 0 Å². The molecule has 0 saturated carbocycles. The molecule has 0 atom stereocenters. The van der Waals surface area contributed by atoms with E-state index < -0.39 is 0 Å². The van der Waals surface area contributed by atoms with Gasteiger partial charge >= 0.3 is 0 Å². The molecule has 0 aromatic carbocycles. The minimum absolute atomic E-state index is 0. The van der Waals surface area contributed by atoms with Crippen molar-refractivity contribution in [3.05, 3.63) is 22.3 Å². The van der Waals surface area contributed by atoms with Crippen LogP contribution in [0.25, 0.3) is 0 Å². The Bertz CT molecular complexity index is 422. The van der Waals surface area contributed by atoms with Crippen LogP contribution in [0.2, 0.25) is 0 Å². The van der Waals surface area contributed by atoms with Crippen molar-refractivity contribution in [1.29, 1.82) is 0 Å². The molecule has 0 bridgehead atoms. The summed E-state index contributed by atoms with van der Waals surface area (Å²) in [6.45, 7) is 5.49. The fraction of sp³-hybridized carbons (Fsp3) is 0.538. The van der Waals surface area contributed by atoms with Gasteiger partial charge in [-0.2, -0.15) is 0 Å². The number of aliphatic hydroxyl groups is 1. The molecule has 1 aliphatic carbocycles. The summed E-state index contributed by atoms with van der Waals surface area (Å²) in [6, 6.07) is 0. The molecule has 5 heteroatoms. The van der Waals surface area contributed by atoms with Crippen LogP contribution in [-0.2, 0) is 30.7 Å². The predicted molar refractivity (Wildman–Crippen MR) is 66.8 cm³/mol. The normalized spacial score (nSPS) is 16.6. The fourth-order valence-electron chi connectivity index (χ4n) is 1.94. The zero-order valence-electron chi connectivity index (χ0n) is 11.2. The van der Waals surface area contributed by atoms with Crippen molar-refractivity contribution in [2.45, 2.75) is 33.6 Å². The van der Waals surface area contributed by atoms with E-state index in [0.29, 0.717) is 18.6 Å². The van der Waals surface area contributed by atoms with Crippen LogP contribution in [0.4, 0.5) is 0 Å². The second kappa shape index (κ2) is 7.65.